The van der Waals surface area contributed by atoms with Crippen molar-refractivity contribution < 1.29 is 4.79 Å². The van der Waals surface area contributed by atoms with E-state index in [1.165, 1.54) is 11.6 Å². The van der Waals surface area contributed by atoms with Crippen LogP contribution >= 0.6 is 23.2 Å². The van der Waals surface area contributed by atoms with Crippen LogP contribution in [0.5, 0.6) is 0 Å². The van der Waals surface area contributed by atoms with Gasteiger partial charge in [-0.05, 0) is 35.2 Å². The Morgan fingerprint density at radius 1 is 1.14 bits per heavy atom. The Kier molecular flexibility index (Phi) is 5.58. The van der Waals surface area contributed by atoms with Gasteiger partial charge in [0.05, 0.1) is 16.8 Å². The molecule has 1 amide bonds. The molecule has 5 heteroatoms. The second-order valence-electron chi connectivity index (χ2n) is 5.14. The summed E-state index contributed by atoms with van der Waals surface area (Å²) in [6.45, 7) is 4.27. The third-order valence-electron chi connectivity index (χ3n) is 3.16. The van der Waals surface area contributed by atoms with Crippen molar-refractivity contribution in [2.75, 3.05) is 0 Å². The van der Waals surface area contributed by atoms with Gasteiger partial charge in [0, 0.05) is 5.02 Å². The largest absolute Gasteiger partial charge is 0.272 e. The Hall–Kier alpha value is -1.84. The lowest BCUT2D eigenvalue weighted by Crippen LogP contribution is -2.18. The summed E-state index contributed by atoms with van der Waals surface area (Å²) in [6.07, 6.45) is 1.58. The zero-order valence-corrected chi connectivity index (χ0v) is 13.8. The highest BCUT2D eigenvalue weighted by atomic mass is 35.5. The molecule has 2 rings (SSSR count). The Morgan fingerprint density at radius 2 is 1.82 bits per heavy atom. The quantitative estimate of drug-likeness (QED) is 0.628. The molecule has 0 atom stereocenters. The molecule has 0 fully saturated rings. The molecule has 0 bridgehead atoms. The van der Waals surface area contributed by atoms with Gasteiger partial charge < -0.3 is 0 Å². The number of amides is 1. The molecular formula is C17H16Cl2N2O. The number of carbonyl (C=O) groups excluding carboxylic acids is 1. The van der Waals surface area contributed by atoms with Crippen LogP contribution < -0.4 is 5.43 Å². The van der Waals surface area contributed by atoms with Gasteiger partial charge in [-0.15, -0.1) is 0 Å². The topological polar surface area (TPSA) is 41.5 Å². The molecule has 0 aliphatic rings. The van der Waals surface area contributed by atoms with Gasteiger partial charge in [-0.3, -0.25) is 4.79 Å². The van der Waals surface area contributed by atoms with E-state index in [2.05, 4.69) is 24.4 Å². The van der Waals surface area contributed by atoms with Crippen LogP contribution in [-0.4, -0.2) is 12.1 Å². The molecule has 2 aromatic rings. The molecule has 0 spiro atoms. The average Bonchev–Trinajstić information content (AvgIpc) is 2.50. The van der Waals surface area contributed by atoms with Crippen LogP contribution in [0.15, 0.2) is 47.6 Å². The Bertz CT molecular complexity index is 694. The summed E-state index contributed by atoms with van der Waals surface area (Å²) in [5.74, 6) is 0.0817. The van der Waals surface area contributed by atoms with E-state index in [4.69, 9.17) is 23.2 Å². The monoisotopic (exact) mass is 334 g/mol. The summed E-state index contributed by atoms with van der Waals surface area (Å²) in [7, 11) is 0. The van der Waals surface area contributed by atoms with Crippen LogP contribution in [-0.2, 0) is 0 Å². The zero-order valence-electron chi connectivity index (χ0n) is 12.3. The summed E-state index contributed by atoms with van der Waals surface area (Å²) in [6, 6.07) is 12.7. The first-order valence-corrected chi connectivity index (χ1v) is 7.61. The van der Waals surface area contributed by atoms with Crippen molar-refractivity contribution in [1.29, 1.82) is 0 Å². The smallest absolute Gasteiger partial charge is 0.267 e. The summed E-state index contributed by atoms with van der Waals surface area (Å²) < 4.78 is 0. The highest BCUT2D eigenvalue weighted by Gasteiger charge is 2.09. The molecule has 3 nitrogen and oxygen atoms in total. The molecule has 2 aromatic carbocycles. The summed E-state index contributed by atoms with van der Waals surface area (Å²) >= 11 is 11.8. The molecule has 22 heavy (non-hydrogen) atoms. The van der Waals surface area contributed by atoms with Crippen molar-refractivity contribution in [3.8, 4) is 0 Å². The fourth-order valence-corrected chi connectivity index (χ4v) is 2.24. The lowest BCUT2D eigenvalue weighted by Gasteiger charge is -2.05. The SMILES string of the molecule is CC(C)c1ccc(/C=N\NC(=O)c2cc(Cl)ccc2Cl)cc1. The molecule has 0 saturated carbocycles. The molecule has 0 aliphatic carbocycles. The van der Waals surface area contributed by atoms with Crippen LogP contribution in [0.3, 0.4) is 0 Å². The van der Waals surface area contributed by atoms with E-state index < -0.39 is 5.91 Å². The predicted octanol–water partition coefficient (Wildman–Crippen LogP) is 4.88. The average molecular weight is 335 g/mol. The summed E-state index contributed by atoms with van der Waals surface area (Å²) in [5, 5.41) is 4.72. The number of hydrogen-bond acceptors (Lipinski definition) is 2. The van der Waals surface area contributed by atoms with Crippen molar-refractivity contribution in [3.63, 3.8) is 0 Å². The summed E-state index contributed by atoms with van der Waals surface area (Å²) in [4.78, 5) is 12.0. The van der Waals surface area contributed by atoms with E-state index in [1.54, 1.807) is 18.3 Å². The molecule has 0 unspecified atom stereocenters. The first-order chi connectivity index (χ1) is 10.5. The maximum Gasteiger partial charge on any atom is 0.272 e. The number of nitrogens with zero attached hydrogens (tertiary/aromatic N) is 1. The number of carbonyl (C=O) groups is 1. The Balaban J connectivity index is 2.02. The van der Waals surface area contributed by atoms with Crippen molar-refractivity contribution in [1.82, 2.24) is 5.43 Å². The minimum atomic E-state index is -0.400. The second kappa shape index (κ2) is 7.43. The van der Waals surface area contributed by atoms with Crippen LogP contribution in [0.2, 0.25) is 10.0 Å². The first kappa shape index (κ1) is 16.5. The number of benzene rings is 2. The maximum absolute atomic E-state index is 12.0. The Morgan fingerprint density at radius 3 is 2.45 bits per heavy atom. The molecule has 0 aromatic heterocycles. The second-order valence-corrected chi connectivity index (χ2v) is 5.99. The molecule has 1 N–H and O–H groups in total. The van der Waals surface area contributed by atoms with E-state index in [1.807, 2.05) is 24.3 Å². The highest BCUT2D eigenvalue weighted by Crippen LogP contribution is 2.20. The molecular weight excluding hydrogens is 319 g/mol. The zero-order chi connectivity index (χ0) is 16.1. The number of halogens is 2. The molecule has 0 aliphatic heterocycles. The minimum Gasteiger partial charge on any atom is -0.267 e. The standard InChI is InChI=1S/C17H16Cl2N2O/c1-11(2)13-5-3-12(4-6-13)10-20-21-17(22)15-9-14(18)7-8-16(15)19/h3-11H,1-2H3,(H,21,22)/b20-10-. The molecule has 0 saturated heterocycles. The number of nitrogens with one attached hydrogen (secondary N) is 1. The lowest BCUT2D eigenvalue weighted by molar-refractivity contribution is 0.0955. The third-order valence-corrected chi connectivity index (χ3v) is 3.72. The van der Waals surface area contributed by atoms with Gasteiger partial charge in [-0.25, -0.2) is 5.43 Å². The molecule has 114 valence electrons. The number of hydrogen-bond donors (Lipinski definition) is 1. The van der Waals surface area contributed by atoms with Crippen LogP contribution in [0, 0.1) is 0 Å². The molecule has 0 radical (unpaired) electrons. The van der Waals surface area contributed by atoms with E-state index in [0.717, 1.165) is 5.56 Å². The van der Waals surface area contributed by atoms with Gasteiger partial charge in [0.2, 0.25) is 0 Å². The van der Waals surface area contributed by atoms with Gasteiger partial charge in [0.15, 0.2) is 0 Å². The summed E-state index contributed by atoms with van der Waals surface area (Å²) in [5.41, 5.74) is 4.89. The minimum absolute atomic E-state index is 0.293. The van der Waals surface area contributed by atoms with Gasteiger partial charge >= 0.3 is 0 Å². The van der Waals surface area contributed by atoms with Crippen molar-refractivity contribution in [3.05, 3.63) is 69.2 Å². The first-order valence-electron chi connectivity index (χ1n) is 6.86. The highest BCUT2D eigenvalue weighted by molar-refractivity contribution is 6.35. The van der Waals surface area contributed by atoms with E-state index in [9.17, 15) is 4.79 Å². The van der Waals surface area contributed by atoms with Crippen LogP contribution in [0.1, 0.15) is 41.3 Å². The third kappa shape index (κ3) is 4.33. The van der Waals surface area contributed by atoms with E-state index >= 15 is 0 Å². The van der Waals surface area contributed by atoms with Crippen LogP contribution in [0.25, 0.3) is 0 Å². The van der Waals surface area contributed by atoms with Crippen molar-refractivity contribution in [2.24, 2.45) is 5.10 Å². The van der Waals surface area contributed by atoms with E-state index in [-0.39, 0.29) is 0 Å². The fraction of sp³-hybridized carbons (Fsp3) is 0.176. The predicted molar refractivity (Wildman–Crippen MR) is 92.1 cm³/mol. The van der Waals surface area contributed by atoms with Gasteiger partial charge in [-0.1, -0.05) is 61.3 Å². The van der Waals surface area contributed by atoms with E-state index in [0.29, 0.717) is 21.5 Å². The van der Waals surface area contributed by atoms with Gasteiger partial charge in [-0.2, -0.15) is 5.10 Å². The molecule has 0 heterocycles. The number of rotatable bonds is 4. The normalized spacial score (nSPS) is 11.1. The van der Waals surface area contributed by atoms with Gasteiger partial charge in [0.1, 0.15) is 0 Å². The van der Waals surface area contributed by atoms with Crippen molar-refractivity contribution >= 4 is 35.3 Å². The van der Waals surface area contributed by atoms with Crippen LogP contribution in [0.4, 0.5) is 0 Å². The van der Waals surface area contributed by atoms with Gasteiger partial charge in [0.25, 0.3) is 5.91 Å². The fourth-order valence-electron chi connectivity index (χ4n) is 1.86. The Labute approximate surface area is 139 Å². The van der Waals surface area contributed by atoms with Crippen molar-refractivity contribution in [2.45, 2.75) is 19.8 Å². The maximum atomic E-state index is 12.0. The number of hydrazone groups is 1. The lowest BCUT2D eigenvalue weighted by atomic mass is 10.0.